The minimum absolute atomic E-state index is 0.00118. The zero-order valence-electron chi connectivity index (χ0n) is 18.6. The standard InChI is InChI=1S/C24H28ClN5OS/c1-5-14-28-22(15-26-21-13-9-12-20(25)18(21)4)27-29(24(28)32)16-23(31)30(17(2)3)19-10-7-6-8-11-19/h5-13,17,26H,1,14-16H2,2-4H3. The van der Waals surface area contributed by atoms with Gasteiger partial charge in [-0.1, -0.05) is 41.9 Å². The number of nitrogens with one attached hydrogen (secondary N) is 1. The molecule has 0 spiro atoms. The first kappa shape index (κ1) is 23.8. The molecule has 2 aromatic carbocycles. The zero-order valence-corrected chi connectivity index (χ0v) is 20.2. The average molecular weight is 470 g/mol. The summed E-state index contributed by atoms with van der Waals surface area (Å²) in [6.45, 7) is 10.8. The number of para-hydroxylation sites is 1. The molecule has 1 amide bonds. The van der Waals surface area contributed by atoms with Crippen molar-refractivity contribution < 1.29 is 4.79 Å². The van der Waals surface area contributed by atoms with Crippen LogP contribution < -0.4 is 10.2 Å². The Bertz CT molecular complexity index is 1150. The zero-order chi connectivity index (χ0) is 23.3. The van der Waals surface area contributed by atoms with Crippen molar-refractivity contribution in [1.29, 1.82) is 0 Å². The van der Waals surface area contributed by atoms with Gasteiger partial charge in [-0.25, -0.2) is 4.68 Å². The normalized spacial score (nSPS) is 10.9. The summed E-state index contributed by atoms with van der Waals surface area (Å²) in [5, 5.41) is 8.73. The fourth-order valence-electron chi connectivity index (χ4n) is 3.53. The third kappa shape index (κ3) is 5.29. The second kappa shape index (κ2) is 10.6. The Morgan fingerprint density at radius 2 is 1.97 bits per heavy atom. The van der Waals surface area contributed by atoms with Crippen LogP contribution in [-0.2, 0) is 24.4 Å². The lowest BCUT2D eigenvalue weighted by atomic mass is 10.2. The van der Waals surface area contributed by atoms with Crippen molar-refractivity contribution in [3.8, 4) is 0 Å². The molecule has 0 saturated carbocycles. The quantitative estimate of drug-likeness (QED) is 0.326. The van der Waals surface area contributed by atoms with E-state index in [1.54, 1.807) is 15.7 Å². The summed E-state index contributed by atoms with van der Waals surface area (Å²) in [6.07, 6.45) is 1.77. The summed E-state index contributed by atoms with van der Waals surface area (Å²) >= 11 is 11.9. The number of aromatic nitrogens is 3. The maximum atomic E-state index is 13.2. The lowest BCUT2D eigenvalue weighted by Crippen LogP contribution is -2.39. The molecule has 0 aliphatic rings. The maximum absolute atomic E-state index is 13.2. The van der Waals surface area contributed by atoms with Gasteiger partial charge in [0, 0.05) is 29.0 Å². The number of hydrogen-bond donors (Lipinski definition) is 1. The molecule has 0 saturated heterocycles. The van der Waals surface area contributed by atoms with Crippen LogP contribution in [0.15, 0.2) is 61.2 Å². The molecule has 1 N–H and O–H groups in total. The summed E-state index contributed by atoms with van der Waals surface area (Å²) in [5.41, 5.74) is 2.74. The van der Waals surface area contributed by atoms with Crippen molar-refractivity contribution in [2.75, 3.05) is 10.2 Å². The summed E-state index contributed by atoms with van der Waals surface area (Å²) in [6, 6.07) is 15.3. The number of halogens is 1. The third-order valence-corrected chi connectivity index (χ3v) is 5.96. The van der Waals surface area contributed by atoms with Gasteiger partial charge in [0.25, 0.3) is 0 Å². The lowest BCUT2D eigenvalue weighted by Gasteiger charge is -2.26. The number of rotatable bonds is 9. The SMILES string of the molecule is C=CCn1c(CNc2cccc(Cl)c2C)nn(CC(=O)N(c2ccccc2)C(C)C)c1=S. The van der Waals surface area contributed by atoms with Crippen LogP contribution in [-0.4, -0.2) is 26.3 Å². The van der Waals surface area contributed by atoms with Crippen LogP contribution in [0.1, 0.15) is 25.2 Å². The highest BCUT2D eigenvalue weighted by atomic mass is 35.5. The van der Waals surface area contributed by atoms with Gasteiger partial charge in [-0.2, -0.15) is 5.10 Å². The molecule has 6 nitrogen and oxygen atoms in total. The first-order valence-corrected chi connectivity index (χ1v) is 11.3. The Morgan fingerprint density at radius 3 is 2.62 bits per heavy atom. The topological polar surface area (TPSA) is 55.1 Å². The number of nitrogens with zero attached hydrogens (tertiary/aromatic N) is 4. The maximum Gasteiger partial charge on any atom is 0.249 e. The van der Waals surface area contributed by atoms with E-state index in [2.05, 4.69) is 17.0 Å². The van der Waals surface area contributed by atoms with Crippen LogP contribution in [0, 0.1) is 11.7 Å². The van der Waals surface area contributed by atoms with Crippen LogP contribution in [0.4, 0.5) is 11.4 Å². The average Bonchev–Trinajstić information content (AvgIpc) is 3.05. The van der Waals surface area contributed by atoms with Gasteiger partial charge >= 0.3 is 0 Å². The van der Waals surface area contributed by atoms with Gasteiger partial charge < -0.3 is 10.2 Å². The predicted octanol–water partition coefficient (Wildman–Crippen LogP) is 5.62. The molecule has 0 unspecified atom stereocenters. The Kier molecular flexibility index (Phi) is 7.88. The molecule has 3 rings (SSSR count). The molecule has 3 aromatic rings. The highest BCUT2D eigenvalue weighted by molar-refractivity contribution is 7.71. The van der Waals surface area contributed by atoms with Gasteiger partial charge in [-0.3, -0.25) is 9.36 Å². The molecular formula is C24H28ClN5OS. The fourth-order valence-corrected chi connectivity index (χ4v) is 3.99. The van der Waals surface area contributed by atoms with Crippen LogP contribution in [0.3, 0.4) is 0 Å². The number of benzene rings is 2. The van der Waals surface area contributed by atoms with E-state index < -0.39 is 0 Å². The smallest absolute Gasteiger partial charge is 0.249 e. The monoisotopic (exact) mass is 469 g/mol. The van der Waals surface area contributed by atoms with E-state index in [1.807, 2.05) is 73.9 Å². The minimum Gasteiger partial charge on any atom is -0.377 e. The van der Waals surface area contributed by atoms with Gasteiger partial charge in [-0.15, -0.1) is 6.58 Å². The van der Waals surface area contributed by atoms with Crippen molar-refractivity contribution in [3.05, 3.63) is 82.4 Å². The third-order valence-electron chi connectivity index (χ3n) is 5.12. The molecule has 168 valence electrons. The summed E-state index contributed by atoms with van der Waals surface area (Å²) < 4.78 is 3.95. The van der Waals surface area contributed by atoms with E-state index in [9.17, 15) is 4.79 Å². The summed E-state index contributed by atoms with van der Waals surface area (Å²) in [7, 11) is 0. The fraction of sp³-hybridized carbons (Fsp3) is 0.292. The second-order valence-corrected chi connectivity index (χ2v) is 8.49. The molecule has 1 aromatic heterocycles. The van der Waals surface area contributed by atoms with Crippen LogP contribution in [0.5, 0.6) is 0 Å². The van der Waals surface area contributed by atoms with Crippen molar-refractivity contribution in [2.24, 2.45) is 0 Å². The Morgan fingerprint density at radius 1 is 1.25 bits per heavy atom. The second-order valence-electron chi connectivity index (χ2n) is 7.71. The number of hydrogen-bond acceptors (Lipinski definition) is 4. The van der Waals surface area contributed by atoms with E-state index in [-0.39, 0.29) is 18.5 Å². The Hall–Kier alpha value is -2.90. The first-order valence-electron chi connectivity index (χ1n) is 10.5. The molecule has 32 heavy (non-hydrogen) atoms. The van der Waals surface area contributed by atoms with Crippen LogP contribution >= 0.6 is 23.8 Å². The van der Waals surface area contributed by atoms with Crippen LogP contribution in [0.25, 0.3) is 0 Å². The van der Waals surface area contributed by atoms with Crippen LogP contribution in [0.2, 0.25) is 5.02 Å². The lowest BCUT2D eigenvalue weighted by molar-refractivity contribution is -0.119. The van der Waals surface area contributed by atoms with E-state index >= 15 is 0 Å². The predicted molar refractivity (Wildman–Crippen MR) is 134 cm³/mol. The molecule has 0 radical (unpaired) electrons. The molecular weight excluding hydrogens is 442 g/mol. The van der Waals surface area contributed by atoms with Gasteiger partial charge in [-0.05, 0) is 62.8 Å². The van der Waals surface area contributed by atoms with Crippen molar-refractivity contribution >= 4 is 41.1 Å². The number of carbonyl (C=O) groups is 1. The number of allylic oxidation sites excluding steroid dienone is 1. The molecule has 0 atom stereocenters. The number of amides is 1. The Labute approximate surface area is 199 Å². The van der Waals surface area contributed by atoms with Gasteiger partial charge in [0.2, 0.25) is 5.91 Å². The van der Waals surface area contributed by atoms with Crippen molar-refractivity contribution in [2.45, 2.75) is 46.4 Å². The Balaban J connectivity index is 1.85. The molecule has 0 aliphatic heterocycles. The van der Waals surface area contributed by atoms with E-state index in [1.165, 1.54) is 0 Å². The van der Waals surface area contributed by atoms with Gasteiger partial charge in [0.1, 0.15) is 6.54 Å². The van der Waals surface area contributed by atoms with Crippen molar-refractivity contribution in [3.63, 3.8) is 0 Å². The van der Waals surface area contributed by atoms with Crippen molar-refractivity contribution in [1.82, 2.24) is 14.3 Å². The van der Waals surface area contributed by atoms with E-state index in [0.29, 0.717) is 22.9 Å². The summed E-state index contributed by atoms with van der Waals surface area (Å²) in [4.78, 5) is 15.0. The molecule has 1 heterocycles. The van der Waals surface area contributed by atoms with E-state index in [4.69, 9.17) is 23.8 Å². The molecule has 8 heteroatoms. The first-order chi connectivity index (χ1) is 15.3. The number of anilines is 2. The van der Waals surface area contributed by atoms with Gasteiger partial charge in [0.15, 0.2) is 10.6 Å². The largest absolute Gasteiger partial charge is 0.377 e. The minimum atomic E-state index is -0.0734. The number of carbonyl (C=O) groups excluding carboxylic acids is 1. The molecule has 0 bridgehead atoms. The molecule has 0 fully saturated rings. The molecule has 0 aliphatic carbocycles. The van der Waals surface area contributed by atoms with Gasteiger partial charge in [0.05, 0.1) is 6.54 Å². The highest BCUT2D eigenvalue weighted by Gasteiger charge is 2.21. The van der Waals surface area contributed by atoms with E-state index in [0.717, 1.165) is 22.8 Å². The summed E-state index contributed by atoms with van der Waals surface area (Å²) in [5.74, 6) is 0.647. The highest BCUT2D eigenvalue weighted by Crippen LogP contribution is 2.23.